The summed E-state index contributed by atoms with van der Waals surface area (Å²) in [7, 11) is 0. The number of ether oxygens (including phenoxy) is 2. The van der Waals surface area contributed by atoms with Crippen LogP contribution in [0.3, 0.4) is 0 Å². The zero-order valence-corrected chi connectivity index (χ0v) is 16.0. The summed E-state index contributed by atoms with van der Waals surface area (Å²) in [6.45, 7) is 0. The van der Waals surface area contributed by atoms with Crippen molar-refractivity contribution in [3.05, 3.63) is 88.8 Å². The summed E-state index contributed by atoms with van der Waals surface area (Å²) < 4.78 is 38.4. The smallest absolute Gasteiger partial charge is 0.268 e. The molecule has 0 fully saturated rings. The van der Waals surface area contributed by atoms with Crippen molar-refractivity contribution in [1.29, 1.82) is 0 Å². The number of halogens is 3. The summed E-state index contributed by atoms with van der Waals surface area (Å²) >= 11 is 6.21. The first-order valence-corrected chi connectivity index (χ1v) is 9.30. The van der Waals surface area contributed by atoms with E-state index < -0.39 is 17.9 Å². The minimum absolute atomic E-state index is 0.112. The number of aromatic amines is 1. The Morgan fingerprint density at radius 1 is 1.07 bits per heavy atom. The molecule has 0 radical (unpaired) electrons. The molecule has 2 N–H and O–H groups in total. The van der Waals surface area contributed by atoms with E-state index in [9.17, 15) is 8.78 Å². The van der Waals surface area contributed by atoms with Crippen LogP contribution in [-0.4, -0.2) is 15.2 Å². The lowest BCUT2D eigenvalue weighted by Gasteiger charge is -2.12. The number of rotatable bonds is 4. The number of H-pyrrole nitrogens is 1. The van der Waals surface area contributed by atoms with Crippen LogP contribution in [0, 0.1) is 11.6 Å². The highest BCUT2D eigenvalue weighted by molar-refractivity contribution is 6.31. The second kappa shape index (κ2) is 7.31. The van der Waals surface area contributed by atoms with Crippen LogP contribution in [0.25, 0.3) is 16.8 Å². The Balaban J connectivity index is 1.39. The van der Waals surface area contributed by atoms with Gasteiger partial charge in [0.1, 0.15) is 29.4 Å². The molecular formula is C21H13ClF2N4O2. The molecule has 0 saturated carbocycles. The fraction of sp³-hybridized carbons (Fsp3) is 0.0476. The molecule has 6 nitrogen and oxygen atoms in total. The van der Waals surface area contributed by atoms with Gasteiger partial charge in [-0.05, 0) is 30.3 Å². The predicted octanol–water partition coefficient (Wildman–Crippen LogP) is 5.68. The maximum Gasteiger partial charge on any atom is 0.268 e. The van der Waals surface area contributed by atoms with E-state index in [0.29, 0.717) is 38.9 Å². The Hall–Kier alpha value is -3.65. The maximum atomic E-state index is 13.9. The van der Waals surface area contributed by atoms with Gasteiger partial charge in [0, 0.05) is 6.07 Å². The third kappa shape index (κ3) is 3.31. The summed E-state index contributed by atoms with van der Waals surface area (Å²) in [5.41, 5.74) is 1.80. The Kier molecular flexibility index (Phi) is 4.48. The number of hydrogen-bond acceptors (Lipinski definition) is 5. The van der Waals surface area contributed by atoms with Gasteiger partial charge in [0.15, 0.2) is 11.4 Å². The van der Waals surface area contributed by atoms with Crippen molar-refractivity contribution in [2.45, 2.75) is 6.29 Å². The van der Waals surface area contributed by atoms with E-state index in [-0.39, 0.29) is 5.69 Å². The summed E-state index contributed by atoms with van der Waals surface area (Å²) in [5, 5.41) is 11.1. The van der Waals surface area contributed by atoms with E-state index in [4.69, 9.17) is 21.1 Å². The highest BCUT2D eigenvalue weighted by Crippen LogP contribution is 2.37. The number of hydrogen-bond donors (Lipinski definition) is 2. The van der Waals surface area contributed by atoms with Crippen molar-refractivity contribution in [2.24, 2.45) is 0 Å². The standard InChI is InChI=1S/C21H13ClF2N4O2/c22-14-4-2-1-3-12(14)21-29-10-17(30-21)19-13-6-8-18(26-20(13)28-27-19)25-16-7-5-11(23)9-15(16)24/h1-10,21H,(H2,25,26,27,28). The van der Waals surface area contributed by atoms with Crippen LogP contribution >= 0.6 is 11.6 Å². The lowest BCUT2D eigenvalue weighted by molar-refractivity contribution is -0.0171. The van der Waals surface area contributed by atoms with Crippen molar-refractivity contribution in [1.82, 2.24) is 15.2 Å². The minimum Gasteiger partial charge on any atom is -0.454 e. The second-order valence-corrected chi connectivity index (χ2v) is 6.91. The summed E-state index contributed by atoms with van der Waals surface area (Å²) in [4.78, 5) is 4.38. The molecule has 1 aliphatic heterocycles. The number of benzene rings is 2. The topological polar surface area (TPSA) is 72.1 Å². The zero-order valence-electron chi connectivity index (χ0n) is 15.2. The molecule has 9 heteroatoms. The van der Waals surface area contributed by atoms with Gasteiger partial charge in [-0.1, -0.05) is 29.8 Å². The van der Waals surface area contributed by atoms with E-state index in [1.54, 1.807) is 18.2 Å². The van der Waals surface area contributed by atoms with Gasteiger partial charge in [-0.15, -0.1) is 0 Å². The van der Waals surface area contributed by atoms with Crippen LogP contribution in [0.5, 0.6) is 0 Å². The van der Waals surface area contributed by atoms with Crippen LogP contribution in [0.4, 0.5) is 20.3 Å². The number of aromatic nitrogens is 3. The largest absolute Gasteiger partial charge is 0.454 e. The van der Waals surface area contributed by atoms with Crippen molar-refractivity contribution < 1.29 is 18.3 Å². The molecule has 0 spiro atoms. The number of pyridine rings is 1. The third-order valence-electron chi connectivity index (χ3n) is 4.54. The molecule has 1 aliphatic rings. The average Bonchev–Trinajstić information content (AvgIpc) is 3.37. The van der Waals surface area contributed by atoms with E-state index in [1.807, 2.05) is 18.2 Å². The second-order valence-electron chi connectivity index (χ2n) is 6.50. The third-order valence-corrected chi connectivity index (χ3v) is 4.89. The fourth-order valence-electron chi connectivity index (χ4n) is 3.10. The molecule has 0 saturated heterocycles. The quantitative estimate of drug-likeness (QED) is 0.439. The highest BCUT2D eigenvalue weighted by atomic mass is 35.5. The lowest BCUT2D eigenvalue weighted by atomic mass is 10.2. The van der Waals surface area contributed by atoms with Crippen molar-refractivity contribution in [3.63, 3.8) is 0 Å². The van der Waals surface area contributed by atoms with Gasteiger partial charge in [-0.3, -0.25) is 5.10 Å². The van der Waals surface area contributed by atoms with E-state index in [0.717, 1.165) is 12.1 Å². The van der Waals surface area contributed by atoms with Crippen LogP contribution in [0.15, 0.2) is 60.9 Å². The Morgan fingerprint density at radius 2 is 1.93 bits per heavy atom. The number of anilines is 2. The monoisotopic (exact) mass is 426 g/mol. The molecule has 30 heavy (non-hydrogen) atoms. The Bertz CT molecular complexity index is 1290. The molecule has 3 heterocycles. The van der Waals surface area contributed by atoms with Crippen LogP contribution in [-0.2, 0) is 9.47 Å². The number of fused-ring (bicyclic) bond motifs is 1. The van der Waals surface area contributed by atoms with E-state index in [2.05, 4.69) is 20.5 Å². The van der Waals surface area contributed by atoms with Gasteiger partial charge < -0.3 is 14.8 Å². The first kappa shape index (κ1) is 18.4. The van der Waals surface area contributed by atoms with Gasteiger partial charge in [-0.25, -0.2) is 13.8 Å². The lowest BCUT2D eigenvalue weighted by Crippen LogP contribution is -2.00. The molecule has 2 aromatic heterocycles. The zero-order chi connectivity index (χ0) is 20.7. The summed E-state index contributed by atoms with van der Waals surface area (Å²) in [6, 6.07) is 13.9. The Morgan fingerprint density at radius 3 is 2.77 bits per heavy atom. The maximum absolute atomic E-state index is 13.9. The SMILES string of the molecule is Fc1ccc(Nc2ccc3c(C4=COC(c5ccccc5Cl)O4)n[nH]c3n2)c(F)c1. The molecule has 150 valence electrons. The van der Waals surface area contributed by atoms with Gasteiger partial charge in [0.25, 0.3) is 6.29 Å². The Labute approximate surface area is 174 Å². The average molecular weight is 427 g/mol. The molecule has 5 rings (SSSR count). The molecule has 4 aromatic rings. The van der Waals surface area contributed by atoms with Crippen LogP contribution in [0.1, 0.15) is 17.5 Å². The molecular weight excluding hydrogens is 414 g/mol. The normalized spacial score (nSPS) is 15.6. The predicted molar refractivity (Wildman–Crippen MR) is 108 cm³/mol. The molecule has 1 atom stereocenters. The molecule has 1 unspecified atom stereocenters. The first-order chi connectivity index (χ1) is 14.6. The molecule has 0 aliphatic carbocycles. The van der Waals surface area contributed by atoms with Gasteiger partial charge in [-0.2, -0.15) is 5.10 Å². The van der Waals surface area contributed by atoms with E-state index >= 15 is 0 Å². The molecule has 0 bridgehead atoms. The molecule has 2 aromatic carbocycles. The van der Waals surface area contributed by atoms with Crippen LogP contribution in [0.2, 0.25) is 5.02 Å². The number of nitrogens with one attached hydrogen (secondary N) is 2. The summed E-state index contributed by atoms with van der Waals surface area (Å²) in [6.07, 6.45) is 0.805. The molecule has 0 amide bonds. The van der Waals surface area contributed by atoms with Gasteiger partial charge >= 0.3 is 0 Å². The first-order valence-electron chi connectivity index (χ1n) is 8.93. The fourth-order valence-corrected chi connectivity index (χ4v) is 3.32. The van der Waals surface area contributed by atoms with Crippen LogP contribution < -0.4 is 5.32 Å². The van der Waals surface area contributed by atoms with Crippen molar-refractivity contribution >= 4 is 39.9 Å². The van der Waals surface area contributed by atoms with Gasteiger partial charge in [0.2, 0.25) is 0 Å². The summed E-state index contributed by atoms with van der Waals surface area (Å²) in [5.74, 6) is -0.565. The van der Waals surface area contributed by atoms with Crippen molar-refractivity contribution in [3.8, 4) is 0 Å². The number of nitrogens with zero attached hydrogens (tertiary/aromatic N) is 2. The highest BCUT2D eigenvalue weighted by Gasteiger charge is 2.27. The minimum atomic E-state index is -0.713. The van der Waals surface area contributed by atoms with Crippen molar-refractivity contribution in [2.75, 3.05) is 5.32 Å². The van der Waals surface area contributed by atoms with Gasteiger partial charge in [0.05, 0.1) is 21.7 Å². The van der Waals surface area contributed by atoms with E-state index in [1.165, 1.54) is 12.3 Å².